The third-order valence-corrected chi connectivity index (χ3v) is 3.69. The Hall–Kier alpha value is -0.780. The summed E-state index contributed by atoms with van der Waals surface area (Å²) in [5, 5.41) is 5.91. The van der Waals surface area contributed by atoms with Crippen molar-refractivity contribution in [3.05, 3.63) is 27.8 Å². The van der Waals surface area contributed by atoms with Crippen molar-refractivity contribution in [3.8, 4) is 0 Å². The van der Waals surface area contributed by atoms with Gasteiger partial charge in [0.15, 0.2) is 0 Å². The van der Waals surface area contributed by atoms with Crippen LogP contribution in [0, 0.1) is 3.57 Å². The Kier molecular flexibility index (Phi) is 4.65. The number of amides is 2. The van der Waals surface area contributed by atoms with Crippen molar-refractivity contribution in [3.63, 3.8) is 0 Å². The van der Waals surface area contributed by atoms with Crippen LogP contribution in [0.1, 0.15) is 32.1 Å². The lowest BCUT2D eigenvalue weighted by molar-refractivity contribution is 0.244. The molecule has 1 aliphatic rings. The molecular formula is C13H17IN2O. The monoisotopic (exact) mass is 344 g/mol. The molecule has 3 nitrogen and oxygen atoms in total. The second-order valence-corrected chi connectivity index (χ2v) is 5.69. The first kappa shape index (κ1) is 12.7. The van der Waals surface area contributed by atoms with Crippen molar-refractivity contribution in [2.75, 3.05) is 5.32 Å². The molecule has 92 valence electrons. The van der Waals surface area contributed by atoms with E-state index in [1.54, 1.807) is 0 Å². The van der Waals surface area contributed by atoms with Crippen LogP contribution < -0.4 is 10.6 Å². The van der Waals surface area contributed by atoms with Crippen molar-refractivity contribution in [1.29, 1.82) is 0 Å². The molecule has 0 radical (unpaired) electrons. The van der Waals surface area contributed by atoms with Crippen LogP contribution in [0.25, 0.3) is 0 Å². The van der Waals surface area contributed by atoms with Crippen LogP contribution in [0.15, 0.2) is 24.3 Å². The van der Waals surface area contributed by atoms with E-state index >= 15 is 0 Å². The average Bonchev–Trinajstić information content (AvgIpc) is 2.30. The third kappa shape index (κ3) is 4.18. The van der Waals surface area contributed by atoms with Gasteiger partial charge in [0, 0.05) is 15.3 Å². The van der Waals surface area contributed by atoms with E-state index in [0.29, 0.717) is 6.04 Å². The molecule has 0 aliphatic heterocycles. The lowest BCUT2D eigenvalue weighted by Crippen LogP contribution is -2.39. The number of anilines is 1. The van der Waals surface area contributed by atoms with E-state index in [1.165, 1.54) is 19.3 Å². The normalized spacial score (nSPS) is 16.5. The molecule has 17 heavy (non-hydrogen) atoms. The standard InChI is InChI=1S/C13H17IN2O/c14-10-5-4-8-12(9-10)16-13(17)15-11-6-2-1-3-7-11/h4-5,8-9,11H,1-3,6-7H2,(H2,15,16,17). The topological polar surface area (TPSA) is 41.1 Å². The van der Waals surface area contributed by atoms with E-state index in [0.717, 1.165) is 22.1 Å². The lowest BCUT2D eigenvalue weighted by atomic mass is 9.96. The van der Waals surface area contributed by atoms with Crippen molar-refractivity contribution >= 4 is 34.3 Å². The van der Waals surface area contributed by atoms with E-state index in [9.17, 15) is 4.79 Å². The zero-order valence-corrected chi connectivity index (χ0v) is 11.9. The zero-order chi connectivity index (χ0) is 12.1. The summed E-state index contributed by atoms with van der Waals surface area (Å²) in [6.07, 6.45) is 5.98. The van der Waals surface area contributed by atoms with E-state index in [2.05, 4.69) is 33.2 Å². The summed E-state index contributed by atoms with van der Waals surface area (Å²) < 4.78 is 1.12. The van der Waals surface area contributed by atoms with Gasteiger partial charge in [-0.2, -0.15) is 0 Å². The first-order chi connectivity index (χ1) is 8.24. The number of hydrogen-bond acceptors (Lipinski definition) is 1. The number of halogens is 1. The summed E-state index contributed by atoms with van der Waals surface area (Å²) in [7, 11) is 0. The molecule has 0 spiro atoms. The molecule has 1 aromatic carbocycles. The van der Waals surface area contributed by atoms with Gasteiger partial charge in [-0.1, -0.05) is 25.3 Å². The van der Waals surface area contributed by atoms with E-state index < -0.39 is 0 Å². The second kappa shape index (κ2) is 6.23. The van der Waals surface area contributed by atoms with Gasteiger partial charge < -0.3 is 10.6 Å². The number of benzene rings is 1. The quantitative estimate of drug-likeness (QED) is 0.789. The Morgan fingerprint density at radius 2 is 2.00 bits per heavy atom. The highest BCUT2D eigenvalue weighted by Crippen LogP contribution is 2.18. The van der Waals surface area contributed by atoms with Crippen molar-refractivity contribution in [2.45, 2.75) is 38.1 Å². The molecule has 0 saturated heterocycles. The van der Waals surface area contributed by atoms with E-state index in [-0.39, 0.29) is 6.03 Å². The predicted molar refractivity (Wildman–Crippen MR) is 78.2 cm³/mol. The molecule has 4 heteroatoms. The summed E-state index contributed by atoms with van der Waals surface area (Å²) in [5.41, 5.74) is 0.852. The SMILES string of the molecule is O=C(Nc1cccc(I)c1)NC1CCCCC1. The molecule has 2 amide bonds. The van der Waals surface area contributed by atoms with Crippen LogP contribution in [0.2, 0.25) is 0 Å². The summed E-state index contributed by atoms with van der Waals surface area (Å²) in [6, 6.07) is 8.08. The number of hydrogen-bond donors (Lipinski definition) is 2. The molecule has 1 aliphatic carbocycles. The molecule has 0 atom stereocenters. The highest BCUT2D eigenvalue weighted by Gasteiger charge is 2.15. The zero-order valence-electron chi connectivity index (χ0n) is 9.71. The highest BCUT2D eigenvalue weighted by molar-refractivity contribution is 14.1. The van der Waals surface area contributed by atoms with Crippen LogP contribution in [0.3, 0.4) is 0 Å². The molecule has 0 bridgehead atoms. The minimum atomic E-state index is -0.0844. The maximum absolute atomic E-state index is 11.8. The van der Waals surface area contributed by atoms with E-state index in [1.807, 2.05) is 24.3 Å². The summed E-state index contributed by atoms with van der Waals surface area (Å²) >= 11 is 2.24. The molecule has 1 saturated carbocycles. The Balaban J connectivity index is 1.84. The fourth-order valence-corrected chi connectivity index (χ4v) is 2.71. The Morgan fingerprint density at radius 1 is 1.24 bits per heavy atom. The molecule has 2 N–H and O–H groups in total. The number of carbonyl (C=O) groups excluding carboxylic acids is 1. The Bertz CT molecular complexity index is 389. The smallest absolute Gasteiger partial charge is 0.319 e. The minimum Gasteiger partial charge on any atom is -0.335 e. The largest absolute Gasteiger partial charge is 0.335 e. The van der Waals surface area contributed by atoms with Gasteiger partial charge in [-0.3, -0.25) is 0 Å². The van der Waals surface area contributed by atoms with Crippen LogP contribution in [-0.2, 0) is 0 Å². The fourth-order valence-electron chi connectivity index (χ4n) is 2.17. The number of rotatable bonds is 2. The van der Waals surface area contributed by atoms with Gasteiger partial charge in [0.05, 0.1) is 0 Å². The third-order valence-electron chi connectivity index (χ3n) is 3.02. The summed E-state index contributed by atoms with van der Waals surface area (Å²) in [6.45, 7) is 0. The number of nitrogens with one attached hydrogen (secondary N) is 2. The molecule has 1 fully saturated rings. The summed E-state index contributed by atoms with van der Waals surface area (Å²) in [4.78, 5) is 11.8. The Labute approximate surface area is 116 Å². The van der Waals surface area contributed by atoms with Crippen LogP contribution in [-0.4, -0.2) is 12.1 Å². The second-order valence-electron chi connectivity index (χ2n) is 4.44. The van der Waals surface area contributed by atoms with Gasteiger partial charge in [-0.05, 0) is 53.6 Å². The molecule has 0 aromatic heterocycles. The Morgan fingerprint density at radius 3 is 2.71 bits per heavy atom. The summed E-state index contributed by atoms with van der Waals surface area (Å²) in [5.74, 6) is 0. The maximum atomic E-state index is 11.8. The number of urea groups is 1. The van der Waals surface area contributed by atoms with Crippen molar-refractivity contribution in [1.82, 2.24) is 5.32 Å². The van der Waals surface area contributed by atoms with Crippen molar-refractivity contribution in [2.24, 2.45) is 0 Å². The van der Waals surface area contributed by atoms with Crippen molar-refractivity contribution < 1.29 is 4.79 Å². The van der Waals surface area contributed by atoms with Gasteiger partial charge in [0.1, 0.15) is 0 Å². The van der Waals surface area contributed by atoms with Crippen LogP contribution in [0.5, 0.6) is 0 Å². The van der Waals surface area contributed by atoms with Crippen LogP contribution in [0.4, 0.5) is 10.5 Å². The lowest BCUT2D eigenvalue weighted by Gasteiger charge is -2.22. The maximum Gasteiger partial charge on any atom is 0.319 e. The number of carbonyl (C=O) groups is 1. The van der Waals surface area contributed by atoms with Gasteiger partial charge in [0.2, 0.25) is 0 Å². The van der Waals surface area contributed by atoms with Crippen LogP contribution >= 0.6 is 22.6 Å². The van der Waals surface area contributed by atoms with Gasteiger partial charge >= 0.3 is 6.03 Å². The predicted octanol–water partition coefficient (Wildman–Crippen LogP) is 3.75. The van der Waals surface area contributed by atoms with Gasteiger partial charge in [-0.15, -0.1) is 0 Å². The van der Waals surface area contributed by atoms with E-state index in [4.69, 9.17) is 0 Å². The first-order valence-corrected chi connectivity index (χ1v) is 7.15. The molecule has 2 rings (SSSR count). The first-order valence-electron chi connectivity index (χ1n) is 6.07. The molecule has 0 heterocycles. The molecular weight excluding hydrogens is 327 g/mol. The highest BCUT2D eigenvalue weighted by atomic mass is 127. The van der Waals surface area contributed by atoms with Gasteiger partial charge in [0.25, 0.3) is 0 Å². The van der Waals surface area contributed by atoms with Gasteiger partial charge in [-0.25, -0.2) is 4.79 Å². The fraction of sp³-hybridized carbons (Fsp3) is 0.462. The minimum absolute atomic E-state index is 0.0844. The molecule has 1 aromatic rings. The molecule has 0 unspecified atom stereocenters. The average molecular weight is 344 g/mol.